The van der Waals surface area contributed by atoms with Crippen LogP contribution in [0.2, 0.25) is 0 Å². The maximum Gasteiger partial charge on any atom is 0.256 e. The van der Waals surface area contributed by atoms with E-state index in [2.05, 4.69) is 15.6 Å². The van der Waals surface area contributed by atoms with Gasteiger partial charge in [0.05, 0.1) is 18.3 Å². The number of fused-ring (bicyclic) bond motifs is 1. The zero-order chi connectivity index (χ0) is 17.8. The standard InChI is InChI=1S/C19H17N3O3/c1-12(23)21-13-8-9-18(25-2)17(11-13)22-19(24)15-5-3-7-16-14(15)6-4-10-20-16/h3-11H,1-2H3,(H,21,23)(H,22,24). The predicted octanol–water partition coefficient (Wildman–Crippen LogP) is 3.45. The fourth-order valence-electron chi connectivity index (χ4n) is 2.58. The minimum Gasteiger partial charge on any atom is -0.495 e. The van der Waals surface area contributed by atoms with Crippen LogP contribution in [-0.4, -0.2) is 23.9 Å². The highest BCUT2D eigenvalue weighted by molar-refractivity contribution is 6.13. The fourth-order valence-corrected chi connectivity index (χ4v) is 2.58. The Morgan fingerprint density at radius 1 is 1.04 bits per heavy atom. The van der Waals surface area contributed by atoms with Gasteiger partial charge in [0, 0.05) is 29.8 Å². The highest BCUT2D eigenvalue weighted by atomic mass is 16.5. The van der Waals surface area contributed by atoms with Gasteiger partial charge >= 0.3 is 0 Å². The number of pyridine rings is 1. The molecular weight excluding hydrogens is 318 g/mol. The van der Waals surface area contributed by atoms with Crippen molar-refractivity contribution < 1.29 is 14.3 Å². The Morgan fingerprint density at radius 2 is 1.88 bits per heavy atom. The number of aromatic nitrogens is 1. The van der Waals surface area contributed by atoms with Gasteiger partial charge in [-0.25, -0.2) is 0 Å². The number of ether oxygens (including phenoxy) is 1. The third-order valence-corrected chi connectivity index (χ3v) is 3.66. The summed E-state index contributed by atoms with van der Waals surface area (Å²) in [6.07, 6.45) is 1.68. The summed E-state index contributed by atoms with van der Waals surface area (Å²) in [6.45, 7) is 1.42. The smallest absolute Gasteiger partial charge is 0.256 e. The van der Waals surface area contributed by atoms with Gasteiger partial charge in [0.2, 0.25) is 5.91 Å². The molecular formula is C19H17N3O3. The van der Waals surface area contributed by atoms with Crippen LogP contribution >= 0.6 is 0 Å². The summed E-state index contributed by atoms with van der Waals surface area (Å²) in [7, 11) is 1.52. The molecule has 0 saturated carbocycles. The molecule has 6 heteroatoms. The molecule has 2 aromatic carbocycles. The number of methoxy groups -OCH3 is 1. The van der Waals surface area contributed by atoms with E-state index < -0.39 is 0 Å². The molecule has 1 heterocycles. The molecule has 6 nitrogen and oxygen atoms in total. The van der Waals surface area contributed by atoms with Gasteiger partial charge in [-0.05, 0) is 36.4 Å². The van der Waals surface area contributed by atoms with E-state index in [0.717, 1.165) is 10.9 Å². The quantitative estimate of drug-likeness (QED) is 0.765. The van der Waals surface area contributed by atoms with E-state index >= 15 is 0 Å². The largest absolute Gasteiger partial charge is 0.495 e. The van der Waals surface area contributed by atoms with Crippen molar-refractivity contribution in [2.45, 2.75) is 6.92 Å². The Hall–Kier alpha value is -3.41. The van der Waals surface area contributed by atoms with Crippen LogP contribution in [0.25, 0.3) is 10.9 Å². The van der Waals surface area contributed by atoms with E-state index in [1.807, 2.05) is 12.1 Å². The van der Waals surface area contributed by atoms with Crippen LogP contribution in [0.3, 0.4) is 0 Å². The average Bonchev–Trinajstić information content (AvgIpc) is 2.61. The van der Waals surface area contributed by atoms with Crippen LogP contribution in [0, 0.1) is 0 Å². The van der Waals surface area contributed by atoms with Crippen molar-refractivity contribution in [2.24, 2.45) is 0 Å². The maximum atomic E-state index is 12.7. The molecule has 0 atom stereocenters. The van der Waals surface area contributed by atoms with Gasteiger partial charge in [-0.15, -0.1) is 0 Å². The highest BCUT2D eigenvalue weighted by Gasteiger charge is 2.13. The number of anilines is 2. The normalized spacial score (nSPS) is 10.3. The van der Waals surface area contributed by atoms with Crippen molar-refractivity contribution in [1.29, 1.82) is 0 Å². The molecule has 0 aliphatic heterocycles. The second-order valence-electron chi connectivity index (χ2n) is 5.43. The summed E-state index contributed by atoms with van der Waals surface area (Å²) in [6, 6.07) is 14.1. The molecule has 0 spiro atoms. The number of nitrogens with one attached hydrogen (secondary N) is 2. The Balaban J connectivity index is 1.95. The third kappa shape index (κ3) is 3.58. The molecule has 2 amide bonds. The van der Waals surface area contributed by atoms with E-state index in [1.165, 1.54) is 14.0 Å². The number of amides is 2. The lowest BCUT2D eigenvalue weighted by Gasteiger charge is -2.13. The van der Waals surface area contributed by atoms with Gasteiger partial charge in [-0.2, -0.15) is 0 Å². The van der Waals surface area contributed by atoms with Crippen molar-refractivity contribution in [2.75, 3.05) is 17.7 Å². The Bertz CT molecular complexity index is 948. The topological polar surface area (TPSA) is 80.3 Å². The molecule has 126 valence electrons. The Morgan fingerprint density at radius 3 is 2.64 bits per heavy atom. The lowest BCUT2D eigenvalue weighted by Crippen LogP contribution is -2.14. The van der Waals surface area contributed by atoms with Gasteiger partial charge in [-0.3, -0.25) is 14.6 Å². The molecule has 1 aromatic heterocycles. The first-order valence-corrected chi connectivity index (χ1v) is 7.69. The van der Waals surface area contributed by atoms with Crippen molar-refractivity contribution in [3.63, 3.8) is 0 Å². The van der Waals surface area contributed by atoms with E-state index in [0.29, 0.717) is 22.7 Å². The van der Waals surface area contributed by atoms with Crippen molar-refractivity contribution in [1.82, 2.24) is 4.98 Å². The van der Waals surface area contributed by atoms with E-state index in [9.17, 15) is 9.59 Å². The molecule has 3 rings (SSSR count). The van der Waals surface area contributed by atoms with Gasteiger partial charge in [0.15, 0.2) is 0 Å². The monoisotopic (exact) mass is 335 g/mol. The molecule has 25 heavy (non-hydrogen) atoms. The molecule has 0 bridgehead atoms. The molecule has 0 unspecified atom stereocenters. The van der Waals surface area contributed by atoms with Crippen LogP contribution in [0.5, 0.6) is 5.75 Å². The van der Waals surface area contributed by atoms with Crippen LogP contribution in [0.1, 0.15) is 17.3 Å². The molecule has 0 saturated heterocycles. The van der Waals surface area contributed by atoms with Crippen LogP contribution in [-0.2, 0) is 4.79 Å². The molecule has 0 aliphatic rings. The summed E-state index contributed by atoms with van der Waals surface area (Å²) in [5.74, 6) is 0.0280. The average molecular weight is 335 g/mol. The summed E-state index contributed by atoms with van der Waals surface area (Å²) in [5.41, 5.74) is 2.30. The first-order chi connectivity index (χ1) is 12.1. The lowest BCUT2D eigenvalue weighted by atomic mass is 10.1. The molecule has 0 aliphatic carbocycles. The van der Waals surface area contributed by atoms with Gasteiger partial charge in [0.1, 0.15) is 5.75 Å². The number of hydrogen-bond acceptors (Lipinski definition) is 4. The van der Waals surface area contributed by atoms with E-state index in [1.54, 1.807) is 42.6 Å². The number of benzene rings is 2. The minimum absolute atomic E-state index is 0.192. The molecule has 0 fully saturated rings. The van der Waals surface area contributed by atoms with E-state index in [4.69, 9.17) is 4.74 Å². The van der Waals surface area contributed by atoms with Crippen LogP contribution in [0.15, 0.2) is 54.7 Å². The summed E-state index contributed by atoms with van der Waals surface area (Å²) >= 11 is 0. The zero-order valence-electron chi connectivity index (χ0n) is 13.9. The highest BCUT2D eigenvalue weighted by Crippen LogP contribution is 2.29. The first kappa shape index (κ1) is 16.4. The van der Waals surface area contributed by atoms with Crippen LogP contribution in [0.4, 0.5) is 11.4 Å². The second-order valence-corrected chi connectivity index (χ2v) is 5.43. The van der Waals surface area contributed by atoms with Gasteiger partial charge < -0.3 is 15.4 Å². The zero-order valence-corrected chi connectivity index (χ0v) is 13.9. The maximum absolute atomic E-state index is 12.7. The number of nitrogens with zero attached hydrogens (tertiary/aromatic N) is 1. The second kappa shape index (κ2) is 7.00. The molecule has 2 N–H and O–H groups in total. The minimum atomic E-state index is -0.281. The number of carbonyl (C=O) groups is 2. The van der Waals surface area contributed by atoms with Gasteiger partial charge in [0.25, 0.3) is 5.91 Å². The first-order valence-electron chi connectivity index (χ1n) is 7.69. The third-order valence-electron chi connectivity index (χ3n) is 3.66. The van der Waals surface area contributed by atoms with Crippen molar-refractivity contribution >= 4 is 34.1 Å². The number of rotatable bonds is 4. The van der Waals surface area contributed by atoms with Crippen LogP contribution < -0.4 is 15.4 Å². The van der Waals surface area contributed by atoms with Crippen molar-refractivity contribution in [3.05, 3.63) is 60.3 Å². The Kier molecular flexibility index (Phi) is 4.61. The number of hydrogen-bond donors (Lipinski definition) is 2. The SMILES string of the molecule is COc1ccc(NC(C)=O)cc1NC(=O)c1cccc2ncccc12. The predicted molar refractivity (Wildman–Crippen MR) is 97.0 cm³/mol. The fraction of sp³-hybridized carbons (Fsp3) is 0.105. The molecule has 0 radical (unpaired) electrons. The lowest BCUT2D eigenvalue weighted by molar-refractivity contribution is -0.114. The van der Waals surface area contributed by atoms with Gasteiger partial charge in [-0.1, -0.05) is 12.1 Å². The summed E-state index contributed by atoms with van der Waals surface area (Å²) in [5, 5.41) is 6.29. The molecule has 3 aromatic rings. The van der Waals surface area contributed by atoms with E-state index in [-0.39, 0.29) is 11.8 Å². The van der Waals surface area contributed by atoms with Crippen molar-refractivity contribution in [3.8, 4) is 5.75 Å². The summed E-state index contributed by atoms with van der Waals surface area (Å²) in [4.78, 5) is 28.2. The summed E-state index contributed by atoms with van der Waals surface area (Å²) < 4.78 is 5.29. The number of carbonyl (C=O) groups excluding carboxylic acids is 2. The Labute approximate surface area is 144 Å².